The molecular weight excluding hydrogens is 384 g/mol. The molecule has 3 aromatic rings. The zero-order chi connectivity index (χ0) is 20.1. The molecular formula is C21H26N6OS. The Bertz CT molecular complexity index is 924. The standard InChI is InChI=1S/C21H26N6OS/c1-26-10-3-2-5-16(26)13-20(28)24-9-11-27-21(19-6-4-12-29-19)17(14-25-27)18-15-22-7-8-23-18/h4,6-8,12,14-16H,2-3,5,9-11,13H2,1H3,(H,24,28)/t16-/m1/s1. The molecule has 0 bridgehead atoms. The van der Waals surface area contributed by atoms with Crippen molar-refractivity contribution in [3.63, 3.8) is 0 Å². The van der Waals surface area contributed by atoms with Crippen LogP contribution in [0.15, 0.2) is 42.3 Å². The number of amides is 1. The van der Waals surface area contributed by atoms with Crippen molar-refractivity contribution in [2.45, 2.75) is 38.3 Å². The maximum Gasteiger partial charge on any atom is 0.221 e. The van der Waals surface area contributed by atoms with Crippen LogP contribution < -0.4 is 5.32 Å². The van der Waals surface area contributed by atoms with Crippen molar-refractivity contribution in [3.05, 3.63) is 42.3 Å². The number of hydrogen-bond acceptors (Lipinski definition) is 6. The number of rotatable bonds is 7. The number of likely N-dealkylation sites (tertiary alicyclic amines) is 1. The summed E-state index contributed by atoms with van der Waals surface area (Å²) in [5, 5.41) is 9.69. The second-order valence-corrected chi connectivity index (χ2v) is 8.33. The quantitative estimate of drug-likeness (QED) is 0.648. The molecule has 0 aromatic carbocycles. The van der Waals surface area contributed by atoms with Gasteiger partial charge in [-0.2, -0.15) is 5.10 Å². The molecule has 29 heavy (non-hydrogen) atoms. The van der Waals surface area contributed by atoms with Gasteiger partial charge in [-0.15, -0.1) is 11.3 Å². The molecule has 3 aromatic heterocycles. The molecule has 0 saturated carbocycles. The van der Waals surface area contributed by atoms with Crippen LogP contribution in [0.1, 0.15) is 25.7 Å². The first kappa shape index (κ1) is 19.7. The lowest BCUT2D eigenvalue weighted by Crippen LogP contribution is -2.40. The molecule has 1 saturated heterocycles. The molecule has 7 nitrogen and oxygen atoms in total. The number of carbonyl (C=O) groups excluding carboxylic acids is 1. The van der Waals surface area contributed by atoms with Crippen LogP contribution in [-0.4, -0.2) is 56.7 Å². The third-order valence-corrected chi connectivity index (χ3v) is 6.30. The first-order chi connectivity index (χ1) is 14.2. The topological polar surface area (TPSA) is 75.9 Å². The average Bonchev–Trinajstić information content (AvgIpc) is 3.40. The minimum atomic E-state index is 0.114. The van der Waals surface area contributed by atoms with Crippen molar-refractivity contribution >= 4 is 17.2 Å². The zero-order valence-electron chi connectivity index (χ0n) is 16.6. The average molecular weight is 411 g/mol. The van der Waals surface area contributed by atoms with Gasteiger partial charge in [-0.25, -0.2) is 0 Å². The summed E-state index contributed by atoms with van der Waals surface area (Å²) in [7, 11) is 2.11. The summed E-state index contributed by atoms with van der Waals surface area (Å²) < 4.78 is 1.95. The lowest BCUT2D eigenvalue weighted by Gasteiger charge is -2.31. The third-order valence-electron chi connectivity index (χ3n) is 5.42. The summed E-state index contributed by atoms with van der Waals surface area (Å²) in [4.78, 5) is 24.4. The molecule has 152 valence electrons. The van der Waals surface area contributed by atoms with E-state index in [0.717, 1.165) is 34.8 Å². The molecule has 4 rings (SSSR count). The highest BCUT2D eigenvalue weighted by Gasteiger charge is 2.22. The highest BCUT2D eigenvalue weighted by molar-refractivity contribution is 7.13. The fraction of sp³-hybridized carbons (Fsp3) is 0.429. The third kappa shape index (κ3) is 4.71. The SMILES string of the molecule is CN1CCCC[C@@H]1CC(=O)NCCn1ncc(-c2cnccn2)c1-c1cccs1. The molecule has 1 fully saturated rings. The number of aromatic nitrogens is 4. The Kier molecular flexibility index (Phi) is 6.31. The van der Waals surface area contributed by atoms with E-state index in [0.29, 0.717) is 25.6 Å². The van der Waals surface area contributed by atoms with Crippen LogP contribution in [0.25, 0.3) is 21.8 Å². The molecule has 0 spiro atoms. The van der Waals surface area contributed by atoms with Crippen molar-refractivity contribution in [2.75, 3.05) is 20.1 Å². The normalized spacial score (nSPS) is 17.3. The van der Waals surface area contributed by atoms with E-state index in [4.69, 9.17) is 0 Å². The lowest BCUT2D eigenvalue weighted by atomic mass is 10.00. The van der Waals surface area contributed by atoms with Gasteiger partial charge in [0.15, 0.2) is 0 Å². The lowest BCUT2D eigenvalue weighted by molar-refractivity contribution is -0.122. The Morgan fingerprint density at radius 2 is 2.24 bits per heavy atom. The second-order valence-electron chi connectivity index (χ2n) is 7.38. The number of nitrogens with one attached hydrogen (secondary N) is 1. The van der Waals surface area contributed by atoms with E-state index in [2.05, 4.69) is 43.8 Å². The van der Waals surface area contributed by atoms with E-state index in [9.17, 15) is 4.79 Å². The van der Waals surface area contributed by atoms with Crippen molar-refractivity contribution in [1.29, 1.82) is 0 Å². The molecule has 4 heterocycles. The van der Waals surface area contributed by atoms with Crippen molar-refractivity contribution in [1.82, 2.24) is 30.0 Å². The van der Waals surface area contributed by atoms with Crippen LogP contribution in [-0.2, 0) is 11.3 Å². The van der Waals surface area contributed by atoms with Gasteiger partial charge in [-0.1, -0.05) is 12.5 Å². The number of nitrogens with zero attached hydrogens (tertiary/aromatic N) is 5. The summed E-state index contributed by atoms with van der Waals surface area (Å²) >= 11 is 1.67. The van der Waals surface area contributed by atoms with Gasteiger partial charge in [-0.05, 0) is 37.9 Å². The van der Waals surface area contributed by atoms with Gasteiger partial charge in [0, 0.05) is 37.0 Å². The Labute approximate surface area is 174 Å². The Morgan fingerprint density at radius 3 is 3.00 bits per heavy atom. The molecule has 1 aliphatic rings. The first-order valence-electron chi connectivity index (χ1n) is 10.1. The van der Waals surface area contributed by atoms with Crippen LogP contribution in [0.2, 0.25) is 0 Å². The Morgan fingerprint density at radius 1 is 1.31 bits per heavy atom. The summed E-state index contributed by atoms with van der Waals surface area (Å²) in [6.45, 7) is 2.25. The largest absolute Gasteiger partial charge is 0.354 e. The minimum Gasteiger partial charge on any atom is -0.354 e. The highest BCUT2D eigenvalue weighted by Crippen LogP contribution is 2.33. The Hall–Kier alpha value is -2.58. The smallest absolute Gasteiger partial charge is 0.221 e. The number of thiophene rings is 1. The van der Waals surface area contributed by atoms with Gasteiger partial charge in [0.1, 0.15) is 0 Å². The van der Waals surface area contributed by atoms with E-state index in [1.54, 1.807) is 29.9 Å². The van der Waals surface area contributed by atoms with Gasteiger partial charge in [0.05, 0.1) is 35.2 Å². The van der Waals surface area contributed by atoms with E-state index in [1.807, 2.05) is 16.9 Å². The molecule has 1 N–H and O–H groups in total. The van der Waals surface area contributed by atoms with E-state index >= 15 is 0 Å². The molecule has 0 aliphatic carbocycles. The number of piperidine rings is 1. The van der Waals surface area contributed by atoms with Crippen molar-refractivity contribution in [2.24, 2.45) is 0 Å². The van der Waals surface area contributed by atoms with Crippen LogP contribution in [0.4, 0.5) is 0 Å². The molecule has 8 heteroatoms. The van der Waals surface area contributed by atoms with Gasteiger partial charge < -0.3 is 10.2 Å². The molecule has 0 unspecified atom stereocenters. The van der Waals surface area contributed by atoms with E-state index < -0.39 is 0 Å². The molecule has 1 amide bonds. The van der Waals surface area contributed by atoms with Crippen molar-refractivity contribution in [3.8, 4) is 21.8 Å². The fourth-order valence-corrected chi connectivity index (χ4v) is 4.63. The van der Waals surface area contributed by atoms with Crippen LogP contribution in [0.5, 0.6) is 0 Å². The van der Waals surface area contributed by atoms with Crippen LogP contribution in [0, 0.1) is 0 Å². The van der Waals surface area contributed by atoms with Gasteiger partial charge in [-0.3, -0.25) is 19.4 Å². The second kappa shape index (κ2) is 9.28. The van der Waals surface area contributed by atoms with Gasteiger partial charge in [0.25, 0.3) is 0 Å². The minimum absolute atomic E-state index is 0.114. The zero-order valence-corrected chi connectivity index (χ0v) is 17.4. The predicted octanol–water partition coefficient (Wildman–Crippen LogP) is 3.06. The predicted molar refractivity (Wildman–Crippen MR) is 114 cm³/mol. The number of carbonyl (C=O) groups is 1. The fourth-order valence-electron chi connectivity index (χ4n) is 3.84. The maximum absolute atomic E-state index is 12.4. The van der Waals surface area contributed by atoms with Crippen LogP contribution >= 0.6 is 11.3 Å². The molecule has 1 aliphatic heterocycles. The van der Waals surface area contributed by atoms with Crippen molar-refractivity contribution < 1.29 is 4.79 Å². The van der Waals surface area contributed by atoms with E-state index in [1.165, 1.54) is 12.8 Å². The molecule has 0 radical (unpaired) electrons. The summed E-state index contributed by atoms with van der Waals surface area (Å²) in [6, 6.07) is 4.47. The van der Waals surface area contributed by atoms with Gasteiger partial charge in [0.2, 0.25) is 5.91 Å². The summed E-state index contributed by atoms with van der Waals surface area (Å²) in [5.74, 6) is 0.114. The summed E-state index contributed by atoms with van der Waals surface area (Å²) in [6.07, 6.45) is 11.0. The van der Waals surface area contributed by atoms with Gasteiger partial charge >= 0.3 is 0 Å². The molecule has 1 atom stereocenters. The monoisotopic (exact) mass is 410 g/mol. The number of hydrogen-bond donors (Lipinski definition) is 1. The highest BCUT2D eigenvalue weighted by atomic mass is 32.1. The maximum atomic E-state index is 12.4. The summed E-state index contributed by atoms with van der Waals surface area (Å²) in [5.41, 5.74) is 2.77. The Balaban J connectivity index is 1.42. The first-order valence-corrected chi connectivity index (χ1v) is 10.9. The van der Waals surface area contributed by atoms with E-state index in [-0.39, 0.29) is 5.91 Å². The van der Waals surface area contributed by atoms with Crippen LogP contribution in [0.3, 0.4) is 0 Å².